The van der Waals surface area contributed by atoms with Crippen molar-refractivity contribution in [2.24, 2.45) is 17.2 Å². The summed E-state index contributed by atoms with van der Waals surface area (Å²) in [7, 11) is -3.53. The molecule has 85 heavy (non-hydrogen) atoms. The molecule has 4 amide bonds. The van der Waals surface area contributed by atoms with Crippen LogP contribution in [-0.4, -0.2) is 175 Å². The molecule has 0 radical (unpaired) electrons. The minimum absolute atomic E-state index is 0.0408. The molecule has 26 heteroatoms. The quantitative estimate of drug-likeness (QED) is 0.0210. The van der Waals surface area contributed by atoms with Crippen LogP contribution in [0.4, 0.5) is 0 Å². The number of hydrogen-bond acceptors (Lipinski definition) is 19. The number of carboxylic acids is 1. The molecule has 1 aliphatic heterocycles. The zero-order chi connectivity index (χ0) is 64.0. The lowest BCUT2D eigenvalue weighted by Gasteiger charge is -2.45. The monoisotopic (exact) mass is 1240 g/mol. The summed E-state index contributed by atoms with van der Waals surface area (Å²) in [4.78, 5) is 105. The fraction of sp³-hybridized carbons (Fsp3) is 0.881. The molecule has 25 nitrogen and oxygen atoms in total. The smallest absolute Gasteiger partial charge is 0.479 e. The van der Waals surface area contributed by atoms with E-state index >= 15 is 0 Å². The molecule has 0 aromatic heterocycles. The second kappa shape index (κ2) is 44.4. The molecule has 0 aromatic rings. The molecule has 0 bridgehead atoms. The highest BCUT2D eigenvalue weighted by molar-refractivity contribution is 7.32. The number of unbranched alkanes of at least 4 members (excludes halogenated alkanes) is 24. The standard InChI is InChI=1S/C59H109N6O19P/c1-7-9-11-13-15-17-19-21-23-25-27-29-31-33-48(70)81-45(40-67)53(83-49(71)34-32-30-28-26-24-22-20-18-16-14-12-10-8-2)58(5,62)56(75)64-43(54(61)73)35-36-47(69)65(59(6,57(76)77)46(37-60)84-85(78)79)38-41(3)80-52-50(63-42(4)68)55(74)82-44(39-66)51(52)72/h41,43-46,50-53,55,66-67,72,74H,7-40,60,62H2,1-6H3,(H5-,61,63,64,68,73,75,76,77,78,79)/p+1/t41?,43-,44-,45+,46?,50-,51-,52-,53?,55+,58-,59-/m1/s1. The van der Waals surface area contributed by atoms with Crippen LogP contribution in [0.2, 0.25) is 0 Å². The van der Waals surface area contributed by atoms with Crippen molar-refractivity contribution in [2.75, 3.05) is 26.3 Å². The number of esters is 2. The summed E-state index contributed by atoms with van der Waals surface area (Å²) in [6.07, 6.45) is 13.1. The highest BCUT2D eigenvalue weighted by Gasteiger charge is 2.54. The lowest BCUT2D eigenvalue weighted by atomic mass is 9.89. The Morgan fingerprint density at radius 2 is 1.16 bits per heavy atom. The second-order valence-corrected chi connectivity index (χ2v) is 23.9. The topological polar surface area (TPSA) is 409 Å². The maximum Gasteiger partial charge on any atom is 0.695 e. The van der Waals surface area contributed by atoms with Crippen LogP contribution < -0.4 is 27.8 Å². The normalized spacial score (nSPS) is 20.3. The van der Waals surface area contributed by atoms with Crippen molar-refractivity contribution in [2.45, 2.75) is 306 Å². The number of carboxylic acid groups (broad SMARTS) is 1. The first-order valence-corrected chi connectivity index (χ1v) is 32.5. The maximum atomic E-state index is 14.5. The van der Waals surface area contributed by atoms with Gasteiger partial charge in [0.2, 0.25) is 23.6 Å². The number of hydrogen-bond donors (Lipinski definition) is 11. The van der Waals surface area contributed by atoms with E-state index in [1.807, 2.05) is 0 Å². The molecule has 0 spiro atoms. The molecule has 14 N–H and O–H groups in total. The Balaban J connectivity index is 3.40. The van der Waals surface area contributed by atoms with Crippen LogP contribution in [0, 0.1) is 0 Å². The predicted molar refractivity (Wildman–Crippen MR) is 318 cm³/mol. The summed E-state index contributed by atoms with van der Waals surface area (Å²) >= 11 is 0. The van der Waals surface area contributed by atoms with Crippen molar-refractivity contribution < 1.29 is 92.0 Å². The Morgan fingerprint density at radius 3 is 1.55 bits per heavy atom. The van der Waals surface area contributed by atoms with Crippen LogP contribution in [-0.2, 0) is 61.6 Å². The van der Waals surface area contributed by atoms with Crippen molar-refractivity contribution >= 4 is 49.8 Å². The summed E-state index contributed by atoms with van der Waals surface area (Å²) in [6, 6.07) is -3.22. The molecule has 0 aliphatic carbocycles. The fourth-order valence-corrected chi connectivity index (χ4v) is 11.1. The van der Waals surface area contributed by atoms with E-state index in [0.29, 0.717) is 24.2 Å². The SMILES string of the molecule is CCCCCCCCCCCCCCCC(=O)OC([C@H](CO)OC(=O)CCCCCCCCCCCCCCC)[C@@](C)(N)C(=O)N[C@H](CCC(=O)N(CC(C)O[C@H]1[C@H](O)[C@@H](CO)O[C@H](O)[C@@H]1NC(C)=O)[C@@](C)(C(=O)O)C(CN)O[P+](=O)O)C(N)=O. The second-order valence-electron chi connectivity index (χ2n) is 23.3. The van der Waals surface area contributed by atoms with E-state index in [1.165, 1.54) is 96.8 Å². The Labute approximate surface area is 505 Å². The molecule has 1 aliphatic rings. The summed E-state index contributed by atoms with van der Waals surface area (Å²) in [5.74, 6) is -7.54. The largest absolute Gasteiger partial charge is 0.695 e. The van der Waals surface area contributed by atoms with Gasteiger partial charge in [-0.2, -0.15) is 0 Å². The van der Waals surface area contributed by atoms with Gasteiger partial charge in [0, 0.05) is 43.8 Å². The Morgan fingerprint density at radius 1 is 0.718 bits per heavy atom. The average molecular weight is 1240 g/mol. The number of amides is 4. The van der Waals surface area contributed by atoms with Gasteiger partial charge in [-0.1, -0.05) is 168 Å². The fourth-order valence-electron chi connectivity index (χ4n) is 10.6. The van der Waals surface area contributed by atoms with Crippen LogP contribution in [0.1, 0.15) is 234 Å². The number of nitrogens with one attached hydrogen (secondary N) is 2. The first kappa shape index (κ1) is 79.0. The minimum atomic E-state index is -3.53. The number of nitrogens with two attached hydrogens (primary N) is 3. The molecular weight excluding hydrogens is 1130 g/mol. The van der Waals surface area contributed by atoms with Gasteiger partial charge in [0.15, 0.2) is 30.1 Å². The molecule has 13 atom stereocenters. The van der Waals surface area contributed by atoms with E-state index in [1.54, 1.807) is 0 Å². The van der Waals surface area contributed by atoms with Crippen molar-refractivity contribution in [1.29, 1.82) is 0 Å². The molecule has 4 unspecified atom stereocenters. The number of ether oxygens (including phenoxy) is 4. The third kappa shape index (κ3) is 30.2. The van der Waals surface area contributed by atoms with E-state index in [-0.39, 0.29) is 12.8 Å². The van der Waals surface area contributed by atoms with Gasteiger partial charge < -0.3 is 77.2 Å². The number of aliphatic hydroxyl groups is 4. The summed E-state index contributed by atoms with van der Waals surface area (Å²) in [5, 5.41) is 57.8. The maximum absolute atomic E-state index is 14.5. The van der Waals surface area contributed by atoms with Crippen LogP contribution in [0.25, 0.3) is 0 Å². The van der Waals surface area contributed by atoms with E-state index in [0.717, 1.165) is 78.6 Å². The summed E-state index contributed by atoms with van der Waals surface area (Å²) < 4.78 is 39.8. The van der Waals surface area contributed by atoms with Crippen molar-refractivity contribution in [3.05, 3.63) is 0 Å². The van der Waals surface area contributed by atoms with Gasteiger partial charge in [0.1, 0.15) is 35.9 Å². The Bertz CT molecular complexity index is 1960. The van der Waals surface area contributed by atoms with Crippen LogP contribution in [0.15, 0.2) is 0 Å². The Hall–Kier alpha value is -4.01. The number of carbonyl (C=O) groups is 7. The van der Waals surface area contributed by atoms with Gasteiger partial charge in [0.25, 0.3) is 0 Å². The van der Waals surface area contributed by atoms with Gasteiger partial charge >= 0.3 is 26.2 Å². The average Bonchev–Trinajstić information content (AvgIpc) is 1.66. The first-order chi connectivity index (χ1) is 40.4. The molecule has 494 valence electrons. The molecule has 0 aromatic carbocycles. The van der Waals surface area contributed by atoms with Gasteiger partial charge in [-0.05, 0) is 40.0 Å². The summed E-state index contributed by atoms with van der Waals surface area (Å²) in [6.45, 7) is 5.67. The number of aliphatic carboxylic acids is 1. The van der Waals surface area contributed by atoms with Gasteiger partial charge in [-0.15, -0.1) is 9.42 Å². The van der Waals surface area contributed by atoms with E-state index < -0.39 is 161 Å². The first-order valence-electron chi connectivity index (χ1n) is 31.4. The zero-order valence-electron chi connectivity index (χ0n) is 51.9. The number of aliphatic hydroxyl groups excluding tert-OH is 4. The number of nitrogens with zero attached hydrogens (tertiary/aromatic N) is 1. The Kier molecular flexibility index (Phi) is 41.3. The lowest BCUT2D eigenvalue weighted by molar-refractivity contribution is -0.268. The molecular formula is C59H110N6O19P+. The van der Waals surface area contributed by atoms with Gasteiger partial charge in [-0.3, -0.25) is 28.8 Å². The highest BCUT2D eigenvalue weighted by atomic mass is 31.1. The van der Waals surface area contributed by atoms with E-state index in [2.05, 4.69) is 24.5 Å². The van der Waals surface area contributed by atoms with Crippen molar-refractivity contribution in [3.63, 3.8) is 0 Å². The number of carbonyl (C=O) groups excluding carboxylic acids is 6. The summed E-state index contributed by atoms with van der Waals surface area (Å²) in [5.41, 5.74) is 13.4. The van der Waals surface area contributed by atoms with E-state index in [9.17, 15) is 68.6 Å². The van der Waals surface area contributed by atoms with Crippen LogP contribution in [0.3, 0.4) is 0 Å². The van der Waals surface area contributed by atoms with Gasteiger partial charge in [0.05, 0.1) is 19.3 Å². The molecule has 0 saturated carbocycles. The van der Waals surface area contributed by atoms with Gasteiger partial charge in [-0.25, -0.2) is 4.79 Å². The van der Waals surface area contributed by atoms with Crippen molar-refractivity contribution in [1.82, 2.24) is 15.5 Å². The van der Waals surface area contributed by atoms with E-state index in [4.69, 9.17) is 40.7 Å². The third-order valence-electron chi connectivity index (χ3n) is 15.8. The molecule has 1 saturated heterocycles. The number of primary amides is 1. The molecule has 1 heterocycles. The highest BCUT2D eigenvalue weighted by Crippen LogP contribution is 2.32. The molecule has 1 fully saturated rings. The molecule has 1 rings (SSSR count). The van der Waals surface area contributed by atoms with Crippen LogP contribution >= 0.6 is 8.25 Å². The van der Waals surface area contributed by atoms with Crippen molar-refractivity contribution in [3.8, 4) is 0 Å². The third-order valence-corrected chi connectivity index (χ3v) is 16.3. The zero-order valence-corrected chi connectivity index (χ0v) is 52.8. The van der Waals surface area contributed by atoms with Crippen LogP contribution in [0.5, 0.6) is 0 Å². The lowest BCUT2D eigenvalue weighted by Crippen LogP contribution is -2.67. The number of rotatable bonds is 51. The minimum Gasteiger partial charge on any atom is -0.479 e. The predicted octanol–water partition coefficient (Wildman–Crippen LogP) is 5.25.